The standard InChI is InChI=1S/C11H23N3O/c1-4-8(2)10(12)11(15)14-6-5-13-9(3)7-14/h8-10,13H,4-7,12H2,1-3H3. The molecule has 0 aromatic rings. The van der Waals surface area contributed by atoms with E-state index in [1.165, 1.54) is 0 Å². The first kappa shape index (κ1) is 12.5. The van der Waals surface area contributed by atoms with Crippen LogP contribution < -0.4 is 11.1 Å². The molecule has 4 nitrogen and oxygen atoms in total. The van der Waals surface area contributed by atoms with Gasteiger partial charge < -0.3 is 16.0 Å². The Morgan fingerprint density at radius 1 is 1.67 bits per heavy atom. The van der Waals surface area contributed by atoms with Crippen molar-refractivity contribution in [1.29, 1.82) is 0 Å². The Bertz CT molecular complexity index is 220. The Morgan fingerprint density at radius 2 is 2.33 bits per heavy atom. The lowest BCUT2D eigenvalue weighted by atomic mass is 9.98. The highest BCUT2D eigenvalue weighted by molar-refractivity contribution is 5.82. The van der Waals surface area contributed by atoms with E-state index in [0.717, 1.165) is 26.1 Å². The molecule has 1 rings (SSSR count). The first-order valence-electron chi connectivity index (χ1n) is 5.84. The molecule has 1 aliphatic heterocycles. The number of hydrogen-bond acceptors (Lipinski definition) is 3. The van der Waals surface area contributed by atoms with Crippen LogP contribution in [0.4, 0.5) is 0 Å². The molecule has 15 heavy (non-hydrogen) atoms. The predicted molar refractivity (Wildman–Crippen MR) is 61.5 cm³/mol. The molecule has 88 valence electrons. The first-order valence-corrected chi connectivity index (χ1v) is 5.84. The van der Waals surface area contributed by atoms with Gasteiger partial charge in [0.05, 0.1) is 6.04 Å². The third-order valence-electron chi connectivity index (χ3n) is 3.22. The second-order valence-electron chi connectivity index (χ2n) is 4.55. The minimum atomic E-state index is -0.333. The van der Waals surface area contributed by atoms with Crippen LogP contribution in [-0.4, -0.2) is 42.5 Å². The Balaban J connectivity index is 2.51. The van der Waals surface area contributed by atoms with Crippen LogP contribution in [0.2, 0.25) is 0 Å². The quantitative estimate of drug-likeness (QED) is 0.703. The molecule has 0 radical (unpaired) electrons. The number of carbonyl (C=O) groups excluding carboxylic acids is 1. The van der Waals surface area contributed by atoms with Gasteiger partial charge in [0.1, 0.15) is 0 Å². The maximum atomic E-state index is 12.0. The van der Waals surface area contributed by atoms with E-state index in [2.05, 4.69) is 19.2 Å². The maximum absolute atomic E-state index is 12.0. The van der Waals surface area contributed by atoms with Crippen LogP contribution in [0, 0.1) is 5.92 Å². The molecule has 0 saturated carbocycles. The molecule has 3 unspecified atom stereocenters. The van der Waals surface area contributed by atoms with Crippen molar-refractivity contribution in [2.24, 2.45) is 11.7 Å². The Kier molecular flexibility index (Phi) is 4.54. The van der Waals surface area contributed by atoms with Gasteiger partial charge in [-0.15, -0.1) is 0 Å². The zero-order chi connectivity index (χ0) is 11.4. The number of amides is 1. The van der Waals surface area contributed by atoms with E-state index in [-0.39, 0.29) is 17.9 Å². The van der Waals surface area contributed by atoms with Crippen LogP contribution >= 0.6 is 0 Å². The number of nitrogens with zero attached hydrogens (tertiary/aromatic N) is 1. The Morgan fingerprint density at radius 3 is 2.87 bits per heavy atom. The molecule has 3 atom stereocenters. The van der Waals surface area contributed by atoms with Gasteiger partial charge in [0.25, 0.3) is 0 Å². The molecule has 1 fully saturated rings. The van der Waals surface area contributed by atoms with Crippen LogP contribution in [0.5, 0.6) is 0 Å². The van der Waals surface area contributed by atoms with Gasteiger partial charge in [-0.3, -0.25) is 4.79 Å². The van der Waals surface area contributed by atoms with E-state index in [4.69, 9.17) is 5.73 Å². The van der Waals surface area contributed by atoms with E-state index < -0.39 is 0 Å². The van der Waals surface area contributed by atoms with Crippen molar-refractivity contribution in [1.82, 2.24) is 10.2 Å². The third kappa shape index (κ3) is 3.18. The van der Waals surface area contributed by atoms with Gasteiger partial charge in [0.2, 0.25) is 5.91 Å². The Hall–Kier alpha value is -0.610. The maximum Gasteiger partial charge on any atom is 0.239 e. The van der Waals surface area contributed by atoms with Gasteiger partial charge in [0.15, 0.2) is 0 Å². The summed E-state index contributed by atoms with van der Waals surface area (Å²) in [5.41, 5.74) is 5.94. The van der Waals surface area contributed by atoms with Gasteiger partial charge >= 0.3 is 0 Å². The molecule has 1 saturated heterocycles. The summed E-state index contributed by atoms with van der Waals surface area (Å²) >= 11 is 0. The minimum Gasteiger partial charge on any atom is -0.339 e. The summed E-state index contributed by atoms with van der Waals surface area (Å²) in [4.78, 5) is 13.9. The molecular weight excluding hydrogens is 190 g/mol. The summed E-state index contributed by atoms with van der Waals surface area (Å²) in [7, 11) is 0. The molecule has 1 heterocycles. The highest BCUT2D eigenvalue weighted by Crippen LogP contribution is 2.10. The van der Waals surface area contributed by atoms with E-state index in [1.807, 2.05) is 11.8 Å². The number of hydrogen-bond donors (Lipinski definition) is 2. The van der Waals surface area contributed by atoms with Gasteiger partial charge in [-0.1, -0.05) is 20.3 Å². The molecule has 0 aliphatic carbocycles. The highest BCUT2D eigenvalue weighted by Gasteiger charge is 2.27. The predicted octanol–water partition coefficient (Wildman–Crippen LogP) is 0.180. The van der Waals surface area contributed by atoms with E-state index in [9.17, 15) is 4.79 Å². The fourth-order valence-electron chi connectivity index (χ4n) is 1.84. The molecule has 3 N–H and O–H groups in total. The molecule has 0 aromatic carbocycles. The Labute approximate surface area is 92.2 Å². The minimum absolute atomic E-state index is 0.109. The zero-order valence-electron chi connectivity index (χ0n) is 9.99. The van der Waals surface area contributed by atoms with Crippen LogP contribution in [0.1, 0.15) is 27.2 Å². The average Bonchev–Trinajstić information content (AvgIpc) is 2.26. The highest BCUT2D eigenvalue weighted by atomic mass is 16.2. The monoisotopic (exact) mass is 213 g/mol. The van der Waals surface area contributed by atoms with Crippen molar-refractivity contribution in [3.8, 4) is 0 Å². The normalized spacial score (nSPS) is 26.1. The average molecular weight is 213 g/mol. The lowest BCUT2D eigenvalue weighted by Crippen LogP contribution is -2.56. The number of rotatable bonds is 3. The zero-order valence-corrected chi connectivity index (χ0v) is 9.99. The van der Waals surface area contributed by atoms with Crippen LogP contribution in [0.25, 0.3) is 0 Å². The topological polar surface area (TPSA) is 58.4 Å². The molecule has 0 spiro atoms. The lowest BCUT2D eigenvalue weighted by molar-refractivity contribution is -0.134. The summed E-state index contributed by atoms with van der Waals surface area (Å²) < 4.78 is 0. The first-order chi connectivity index (χ1) is 7.06. The second-order valence-corrected chi connectivity index (χ2v) is 4.55. The van der Waals surface area contributed by atoms with Crippen LogP contribution in [-0.2, 0) is 4.79 Å². The van der Waals surface area contributed by atoms with Crippen molar-refractivity contribution >= 4 is 5.91 Å². The molecule has 4 heteroatoms. The third-order valence-corrected chi connectivity index (χ3v) is 3.22. The van der Waals surface area contributed by atoms with Crippen LogP contribution in [0.3, 0.4) is 0 Å². The molecule has 0 aromatic heterocycles. The second kappa shape index (κ2) is 5.47. The summed E-state index contributed by atoms with van der Waals surface area (Å²) in [6.07, 6.45) is 0.953. The van der Waals surface area contributed by atoms with Gasteiger partial charge in [-0.05, 0) is 12.8 Å². The molecule has 1 amide bonds. The van der Waals surface area contributed by atoms with Crippen molar-refractivity contribution in [3.05, 3.63) is 0 Å². The fraction of sp³-hybridized carbons (Fsp3) is 0.909. The van der Waals surface area contributed by atoms with E-state index in [0.29, 0.717) is 6.04 Å². The van der Waals surface area contributed by atoms with Crippen LogP contribution in [0.15, 0.2) is 0 Å². The molecular formula is C11H23N3O. The summed E-state index contributed by atoms with van der Waals surface area (Å²) in [5, 5.41) is 3.31. The number of piperazine rings is 1. The van der Waals surface area contributed by atoms with Crippen molar-refractivity contribution in [3.63, 3.8) is 0 Å². The molecule has 0 bridgehead atoms. The van der Waals surface area contributed by atoms with Crippen molar-refractivity contribution in [2.75, 3.05) is 19.6 Å². The summed E-state index contributed by atoms with van der Waals surface area (Å²) in [6, 6.07) is 0.0483. The molecule has 1 aliphatic rings. The fourth-order valence-corrected chi connectivity index (χ4v) is 1.84. The summed E-state index contributed by atoms with van der Waals surface area (Å²) in [6.45, 7) is 8.64. The number of nitrogens with two attached hydrogens (primary N) is 1. The lowest BCUT2D eigenvalue weighted by Gasteiger charge is -2.34. The van der Waals surface area contributed by atoms with Gasteiger partial charge in [-0.2, -0.15) is 0 Å². The van der Waals surface area contributed by atoms with E-state index in [1.54, 1.807) is 0 Å². The van der Waals surface area contributed by atoms with Crippen molar-refractivity contribution in [2.45, 2.75) is 39.3 Å². The van der Waals surface area contributed by atoms with Gasteiger partial charge in [-0.25, -0.2) is 0 Å². The van der Waals surface area contributed by atoms with Crippen molar-refractivity contribution < 1.29 is 4.79 Å². The SMILES string of the molecule is CCC(C)C(N)C(=O)N1CCNC(C)C1. The number of carbonyl (C=O) groups is 1. The largest absolute Gasteiger partial charge is 0.339 e. The van der Waals surface area contributed by atoms with Gasteiger partial charge in [0, 0.05) is 25.7 Å². The van der Waals surface area contributed by atoms with E-state index >= 15 is 0 Å². The smallest absolute Gasteiger partial charge is 0.239 e. The summed E-state index contributed by atoms with van der Waals surface area (Å²) in [5.74, 6) is 0.375. The number of nitrogens with one attached hydrogen (secondary N) is 1.